The van der Waals surface area contributed by atoms with E-state index in [0.717, 1.165) is 18.1 Å². The molecule has 0 saturated carbocycles. The van der Waals surface area contributed by atoms with E-state index >= 15 is 0 Å². The van der Waals surface area contributed by atoms with Crippen LogP contribution in [0.2, 0.25) is 0 Å². The van der Waals surface area contributed by atoms with E-state index in [1.165, 1.54) is 0 Å². The molecule has 1 N–H and O–H groups in total. The summed E-state index contributed by atoms with van der Waals surface area (Å²) in [5.41, 5.74) is -0.447. The van der Waals surface area contributed by atoms with Crippen LogP contribution in [0.15, 0.2) is 30.3 Å². The SMILES string of the molecule is CC1(C)O[C@H]2[C@@H](O1)[C@@](CNS(C)(=O)=O)(COS(C)(=O)=O)O[C@@H]2COCc1ccccc1. The lowest BCUT2D eigenvalue weighted by Crippen LogP contribution is -2.55. The van der Waals surface area contributed by atoms with Gasteiger partial charge in [-0.2, -0.15) is 8.42 Å². The first-order valence-electron chi connectivity index (χ1n) is 9.73. The second-order valence-electron chi connectivity index (χ2n) is 8.30. The van der Waals surface area contributed by atoms with Crippen molar-refractivity contribution in [1.29, 1.82) is 0 Å². The molecule has 1 aromatic carbocycles. The maximum absolute atomic E-state index is 11.7. The number of rotatable bonds is 10. The van der Waals surface area contributed by atoms with Crippen molar-refractivity contribution >= 4 is 20.1 Å². The summed E-state index contributed by atoms with van der Waals surface area (Å²) in [4.78, 5) is 0. The molecule has 0 radical (unpaired) electrons. The highest BCUT2D eigenvalue weighted by Crippen LogP contribution is 2.44. The van der Waals surface area contributed by atoms with Crippen molar-refractivity contribution in [2.24, 2.45) is 0 Å². The lowest BCUT2D eigenvalue weighted by molar-refractivity contribution is -0.217. The largest absolute Gasteiger partial charge is 0.374 e. The Morgan fingerprint density at radius 2 is 1.71 bits per heavy atom. The van der Waals surface area contributed by atoms with Gasteiger partial charge in [0.2, 0.25) is 10.0 Å². The molecule has 2 aliphatic heterocycles. The third kappa shape index (κ3) is 6.68. The summed E-state index contributed by atoms with van der Waals surface area (Å²) in [7, 11) is -7.41. The molecule has 12 heteroatoms. The highest BCUT2D eigenvalue weighted by molar-refractivity contribution is 7.88. The number of sulfonamides is 1. The van der Waals surface area contributed by atoms with Gasteiger partial charge >= 0.3 is 0 Å². The molecular formula is C19H29NO9S2. The monoisotopic (exact) mass is 479 g/mol. The summed E-state index contributed by atoms with van der Waals surface area (Å²) in [5, 5.41) is 0. The van der Waals surface area contributed by atoms with Crippen LogP contribution < -0.4 is 4.72 Å². The third-order valence-corrected chi connectivity index (χ3v) is 6.16. The topological polar surface area (TPSA) is 126 Å². The smallest absolute Gasteiger partial charge is 0.264 e. The molecule has 0 unspecified atom stereocenters. The summed E-state index contributed by atoms with van der Waals surface area (Å²) in [5.74, 6) is -0.974. The molecule has 0 bridgehead atoms. The van der Waals surface area contributed by atoms with Crippen LogP contribution in [-0.4, -0.2) is 78.8 Å². The Morgan fingerprint density at radius 3 is 2.32 bits per heavy atom. The van der Waals surface area contributed by atoms with Gasteiger partial charge in [0.05, 0.1) is 32.3 Å². The highest BCUT2D eigenvalue weighted by Gasteiger charge is 2.63. The summed E-state index contributed by atoms with van der Waals surface area (Å²) in [6.45, 7) is 3.23. The highest BCUT2D eigenvalue weighted by atomic mass is 32.2. The van der Waals surface area contributed by atoms with Gasteiger partial charge in [0.15, 0.2) is 5.79 Å². The van der Waals surface area contributed by atoms with E-state index in [1.54, 1.807) is 13.8 Å². The van der Waals surface area contributed by atoms with Gasteiger partial charge in [0.1, 0.15) is 23.9 Å². The van der Waals surface area contributed by atoms with Crippen molar-refractivity contribution in [2.75, 3.05) is 32.3 Å². The van der Waals surface area contributed by atoms with Crippen LogP contribution in [-0.2, 0) is 49.9 Å². The molecule has 2 saturated heterocycles. The van der Waals surface area contributed by atoms with E-state index in [0.29, 0.717) is 6.61 Å². The standard InChI is InChI=1S/C19H29NO9S2/c1-18(2)28-16-15(11-25-10-14-8-6-5-7-9-14)27-19(17(16)29-18,12-20-30(3,21)22)13-26-31(4,23)24/h5-9,15-17,20H,10-13H2,1-4H3/t15-,16-,17-,19-/m1/s1. The average Bonchev–Trinajstić information content (AvgIpc) is 3.11. The predicted octanol–water partition coefficient (Wildman–Crippen LogP) is 0.386. The van der Waals surface area contributed by atoms with Crippen molar-refractivity contribution in [3.63, 3.8) is 0 Å². The summed E-state index contributed by atoms with van der Waals surface area (Å²) < 4.78 is 78.1. The number of fused-ring (bicyclic) bond motifs is 1. The van der Waals surface area contributed by atoms with E-state index in [1.807, 2.05) is 30.3 Å². The zero-order valence-corrected chi connectivity index (χ0v) is 19.6. The number of hydrogen-bond acceptors (Lipinski definition) is 9. The Balaban J connectivity index is 1.80. The second-order valence-corrected chi connectivity index (χ2v) is 11.8. The fourth-order valence-corrected chi connectivity index (χ4v) is 4.59. The minimum absolute atomic E-state index is 0.134. The molecule has 0 aliphatic carbocycles. The van der Waals surface area contributed by atoms with Crippen LogP contribution in [0.5, 0.6) is 0 Å². The average molecular weight is 480 g/mol. The molecule has 0 amide bonds. The van der Waals surface area contributed by atoms with Crippen LogP contribution >= 0.6 is 0 Å². The molecule has 0 aromatic heterocycles. The van der Waals surface area contributed by atoms with Crippen molar-refractivity contribution < 1.29 is 40.0 Å². The quantitative estimate of drug-likeness (QED) is 0.474. The van der Waals surface area contributed by atoms with Gasteiger partial charge in [-0.1, -0.05) is 30.3 Å². The summed E-state index contributed by atoms with van der Waals surface area (Å²) in [6.07, 6.45) is -0.0896. The number of ether oxygens (including phenoxy) is 4. The first-order chi connectivity index (χ1) is 14.3. The number of benzene rings is 1. The Morgan fingerprint density at radius 1 is 1.03 bits per heavy atom. The zero-order valence-electron chi connectivity index (χ0n) is 17.9. The van der Waals surface area contributed by atoms with Gasteiger partial charge in [-0.15, -0.1) is 0 Å². The second kappa shape index (κ2) is 9.02. The van der Waals surface area contributed by atoms with Gasteiger partial charge < -0.3 is 18.9 Å². The third-order valence-electron chi connectivity index (χ3n) is 4.94. The molecule has 1 aromatic rings. The fourth-order valence-electron chi connectivity index (χ4n) is 3.67. The van der Waals surface area contributed by atoms with Gasteiger partial charge in [0, 0.05) is 6.54 Å². The van der Waals surface area contributed by atoms with Gasteiger partial charge in [-0.25, -0.2) is 13.1 Å². The van der Waals surface area contributed by atoms with Gasteiger partial charge in [0.25, 0.3) is 10.1 Å². The molecule has 2 fully saturated rings. The number of hydrogen-bond donors (Lipinski definition) is 1. The molecule has 2 heterocycles. The Kier molecular flexibility index (Phi) is 7.14. The minimum atomic E-state index is -3.82. The molecular weight excluding hydrogens is 450 g/mol. The van der Waals surface area contributed by atoms with Crippen LogP contribution in [0.3, 0.4) is 0 Å². The van der Waals surface area contributed by atoms with Crippen molar-refractivity contribution in [3.8, 4) is 0 Å². The first-order valence-corrected chi connectivity index (χ1v) is 13.4. The van der Waals surface area contributed by atoms with Gasteiger partial charge in [-0.3, -0.25) is 4.18 Å². The molecule has 176 valence electrons. The molecule has 4 atom stereocenters. The lowest BCUT2D eigenvalue weighted by atomic mass is 9.95. The van der Waals surface area contributed by atoms with Gasteiger partial charge in [-0.05, 0) is 19.4 Å². The Hall–Kier alpha value is -1.12. The molecule has 2 aliphatic rings. The van der Waals surface area contributed by atoms with Crippen LogP contribution in [0.1, 0.15) is 19.4 Å². The molecule has 3 rings (SSSR count). The van der Waals surface area contributed by atoms with E-state index in [2.05, 4.69) is 4.72 Å². The van der Waals surface area contributed by atoms with Crippen LogP contribution in [0.25, 0.3) is 0 Å². The van der Waals surface area contributed by atoms with Crippen molar-refractivity contribution in [3.05, 3.63) is 35.9 Å². The first kappa shape index (κ1) is 24.5. The zero-order chi connectivity index (χ0) is 22.9. The molecule has 31 heavy (non-hydrogen) atoms. The fraction of sp³-hybridized carbons (Fsp3) is 0.684. The Labute approximate surface area is 183 Å². The van der Waals surface area contributed by atoms with Crippen LogP contribution in [0.4, 0.5) is 0 Å². The van der Waals surface area contributed by atoms with Crippen molar-refractivity contribution in [1.82, 2.24) is 4.72 Å². The normalized spacial score (nSPS) is 30.4. The van der Waals surface area contributed by atoms with E-state index in [-0.39, 0.29) is 13.2 Å². The minimum Gasteiger partial charge on any atom is -0.374 e. The van der Waals surface area contributed by atoms with Crippen LogP contribution in [0, 0.1) is 0 Å². The van der Waals surface area contributed by atoms with E-state index in [9.17, 15) is 16.8 Å². The Bertz CT molecular complexity index is 927. The molecule has 0 spiro atoms. The maximum atomic E-state index is 11.7. The summed E-state index contributed by atoms with van der Waals surface area (Å²) >= 11 is 0. The van der Waals surface area contributed by atoms with Crippen molar-refractivity contribution in [2.45, 2.75) is 50.2 Å². The van der Waals surface area contributed by atoms with E-state index < -0.39 is 56.4 Å². The predicted molar refractivity (Wildman–Crippen MR) is 111 cm³/mol. The summed E-state index contributed by atoms with van der Waals surface area (Å²) in [6, 6.07) is 9.57. The maximum Gasteiger partial charge on any atom is 0.264 e. The van der Waals surface area contributed by atoms with E-state index in [4.69, 9.17) is 23.1 Å². The molecule has 10 nitrogen and oxygen atoms in total. The lowest BCUT2D eigenvalue weighted by Gasteiger charge is -2.34. The number of nitrogens with one attached hydrogen (secondary N) is 1.